The van der Waals surface area contributed by atoms with Gasteiger partial charge in [-0.25, -0.2) is 19.8 Å². The van der Waals surface area contributed by atoms with Crippen molar-refractivity contribution in [1.29, 1.82) is 0 Å². The van der Waals surface area contributed by atoms with E-state index in [0.717, 1.165) is 50.1 Å². The molecule has 10 rings (SSSR count). The summed E-state index contributed by atoms with van der Waals surface area (Å²) >= 11 is 0. The summed E-state index contributed by atoms with van der Waals surface area (Å²) in [7, 11) is 0. The molecule has 7 aromatic carbocycles. The second-order valence-corrected chi connectivity index (χ2v) is 12.8. The Kier molecular flexibility index (Phi) is 6.76. The average molecular weight is 665 g/mol. The lowest BCUT2D eigenvalue weighted by Crippen LogP contribution is -2.01. The molecule has 52 heavy (non-hydrogen) atoms. The lowest BCUT2D eigenvalue weighted by atomic mass is 10.1. The molecule has 10 aromatic rings. The van der Waals surface area contributed by atoms with E-state index in [0.29, 0.717) is 23.2 Å². The molecular weight excluding hydrogens is 637 g/mol. The molecule has 0 fully saturated rings. The minimum atomic E-state index is 0.616. The number of hydrogen-bond acceptors (Lipinski definition) is 3. The zero-order chi connectivity index (χ0) is 34.6. The average Bonchev–Trinajstić information content (AvgIpc) is 3.74. The molecule has 0 spiro atoms. The monoisotopic (exact) mass is 664 g/mol. The maximum Gasteiger partial charge on any atom is 0.187 e. The van der Waals surface area contributed by atoms with Crippen LogP contribution in [0.25, 0.3) is 94.0 Å². The molecule has 0 N–H and O–H groups in total. The molecule has 0 amide bonds. The number of nitrogens with zero attached hydrogens (tertiary/aromatic N) is 6. The van der Waals surface area contributed by atoms with Gasteiger partial charge in [0, 0.05) is 49.6 Å². The number of aromatic nitrogens is 5. The zero-order valence-electron chi connectivity index (χ0n) is 27.8. The van der Waals surface area contributed by atoms with Crippen molar-refractivity contribution in [2.24, 2.45) is 0 Å². The maximum atomic E-state index is 7.45. The molecule has 3 heterocycles. The van der Waals surface area contributed by atoms with Gasteiger partial charge in [0.05, 0.1) is 28.6 Å². The first-order chi connectivity index (χ1) is 25.7. The van der Waals surface area contributed by atoms with Gasteiger partial charge >= 0.3 is 0 Å². The van der Waals surface area contributed by atoms with Crippen LogP contribution in [-0.4, -0.2) is 24.1 Å². The van der Waals surface area contributed by atoms with Gasteiger partial charge in [-0.1, -0.05) is 121 Å². The maximum absolute atomic E-state index is 7.45. The Morgan fingerprint density at radius 2 is 0.846 bits per heavy atom. The summed E-state index contributed by atoms with van der Waals surface area (Å²) in [6, 6.07) is 58.1. The van der Waals surface area contributed by atoms with Crippen LogP contribution in [0.5, 0.6) is 0 Å². The van der Waals surface area contributed by atoms with E-state index in [2.05, 4.69) is 98.9 Å². The highest BCUT2D eigenvalue weighted by molar-refractivity contribution is 6.28. The molecule has 6 heteroatoms. The Balaban J connectivity index is 1.21. The largest absolute Gasteiger partial charge is 0.309 e. The number of para-hydroxylation sites is 2. The molecule has 0 unspecified atom stereocenters. The standard InChI is InChI=1S/C46H28N6/c1-47-33-23-25-34(26-24-33)51-38-21-10-8-19-36(38)42-40(51)27-28-41-43(42)37-20-9-11-22-39(37)52(41)35-18-12-17-32(29-35)46-49-44(30-13-4-2-5-14-30)48-45(50-46)31-15-6-3-7-16-31/h2-29H. The SMILES string of the molecule is [C-]#[N+]c1ccc(-n2c3ccccc3c3c4c5ccccc5n(-c5cccc(-c6nc(-c7ccccc7)nc(-c7ccccc7)n6)c5)c4ccc32)cc1. The minimum absolute atomic E-state index is 0.616. The van der Waals surface area contributed by atoms with Crippen LogP contribution in [0.3, 0.4) is 0 Å². The summed E-state index contributed by atoms with van der Waals surface area (Å²) in [4.78, 5) is 18.5. The molecule has 0 aliphatic rings. The van der Waals surface area contributed by atoms with E-state index in [-0.39, 0.29) is 0 Å². The molecule has 0 saturated carbocycles. The van der Waals surface area contributed by atoms with E-state index < -0.39 is 0 Å². The Morgan fingerprint density at radius 1 is 0.385 bits per heavy atom. The predicted molar refractivity (Wildman–Crippen MR) is 211 cm³/mol. The van der Waals surface area contributed by atoms with E-state index in [1.165, 1.54) is 21.5 Å². The highest BCUT2D eigenvalue weighted by Gasteiger charge is 2.21. The van der Waals surface area contributed by atoms with Crippen LogP contribution in [0.4, 0.5) is 5.69 Å². The smallest absolute Gasteiger partial charge is 0.187 e. The van der Waals surface area contributed by atoms with E-state index in [9.17, 15) is 0 Å². The second-order valence-electron chi connectivity index (χ2n) is 12.8. The van der Waals surface area contributed by atoms with Gasteiger partial charge in [-0.05, 0) is 48.5 Å². The molecule has 242 valence electrons. The van der Waals surface area contributed by atoms with Gasteiger partial charge in [0.25, 0.3) is 0 Å². The van der Waals surface area contributed by atoms with Crippen molar-refractivity contribution in [3.05, 3.63) is 181 Å². The fourth-order valence-corrected chi connectivity index (χ4v) is 7.47. The van der Waals surface area contributed by atoms with Crippen LogP contribution in [0, 0.1) is 6.57 Å². The molecule has 3 aromatic heterocycles. The predicted octanol–water partition coefficient (Wildman–Crippen LogP) is 11.6. The van der Waals surface area contributed by atoms with Gasteiger partial charge in [-0.3, -0.25) is 0 Å². The molecule has 0 aliphatic heterocycles. The quantitative estimate of drug-likeness (QED) is 0.172. The van der Waals surface area contributed by atoms with E-state index in [4.69, 9.17) is 21.5 Å². The van der Waals surface area contributed by atoms with Crippen molar-refractivity contribution in [2.45, 2.75) is 0 Å². The Bertz CT molecular complexity index is 2950. The number of rotatable bonds is 5. The van der Waals surface area contributed by atoms with E-state index in [1.54, 1.807) is 0 Å². The third kappa shape index (κ3) is 4.68. The van der Waals surface area contributed by atoms with Gasteiger partial charge in [0.2, 0.25) is 0 Å². The molecule has 0 saturated heterocycles. The highest BCUT2D eigenvalue weighted by atomic mass is 15.0. The van der Waals surface area contributed by atoms with Crippen LogP contribution in [-0.2, 0) is 0 Å². The Morgan fingerprint density at radius 3 is 1.38 bits per heavy atom. The molecule has 0 aliphatic carbocycles. The third-order valence-corrected chi connectivity index (χ3v) is 9.77. The fourth-order valence-electron chi connectivity index (χ4n) is 7.47. The van der Waals surface area contributed by atoms with Crippen molar-refractivity contribution in [2.75, 3.05) is 0 Å². The topological polar surface area (TPSA) is 52.9 Å². The normalized spacial score (nSPS) is 11.4. The van der Waals surface area contributed by atoms with Crippen LogP contribution in [0.1, 0.15) is 0 Å². The molecule has 0 atom stereocenters. The minimum Gasteiger partial charge on any atom is -0.309 e. The summed E-state index contributed by atoms with van der Waals surface area (Å²) in [6.45, 7) is 7.45. The van der Waals surface area contributed by atoms with Gasteiger partial charge in [-0.15, -0.1) is 0 Å². The summed E-state index contributed by atoms with van der Waals surface area (Å²) < 4.78 is 4.65. The first-order valence-corrected chi connectivity index (χ1v) is 17.2. The van der Waals surface area contributed by atoms with Crippen molar-refractivity contribution < 1.29 is 0 Å². The lowest BCUT2D eigenvalue weighted by molar-refractivity contribution is 1.07. The number of hydrogen-bond donors (Lipinski definition) is 0. The third-order valence-electron chi connectivity index (χ3n) is 9.77. The van der Waals surface area contributed by atoms with Gasteiger partial charge in [0.15, 0.2) is 23.2 Å². The number of fused-ring (bicyclic) bond motifs is 7. The summed E-state index contributed by atoms with van der Waals surface area (Å²) in [6.07, 6.45) is 0. The van der Waals surface area contributed by atoms with Crippen molar-refractivity contribution in [1.82, 2.24) is 24.1 Å². The highest BCUT2D eigenvalue weighted by Crippen LogP contribution is 2.42. The first-order valence-electron chi connectivity index (χ1n) is 17.2. The molecule has 6 nitrogen and oxygen atoms in total. The van der Waals surface area contributed by atoms with Crippen LogP contribution >= 0.6 is 0 Å². The second kappa shape index (κ2) is 11.9. The van der Waals surface area contributed by atoms with Gasteiger partial charge < -0.3 is 9.13 Å². The zero-order valence-corrected chi connectivity index (χ0v) is 27.8. The van der Waals surface area contributed by atoms with E-state index >= 15 is 0 Å². The van der Waals surface area contributed by atoms with Crippen molar-refractivity contribution >= 4 is 49.3 Å². The van der Waals surface area contributed by atoms with Crippen LogP contribution in [0.2, 0.25) is 0 Å². The lowest BCUT2D eigenvalue weighted by Gasteiger charge is -2.12. The first kappa shape index (κ1) is 29.5. The molecule has 0 radical (unpaired) electrons. The van der Waals surface area contributed by atoms with Crippen LogP contribution in [0.15, 0.2) is 170 Å². The van der Waals surface area contributed by atoms with E-state index in [1.807, 2.05) is 84.9 Å². The summed E-state index contributed by atoms with van der Waals surface area (Å²) in [5.74, 6) is 1.88. The Hall–Kier alpha value is -7.36. The van der Waals surface area contributed by atoms with Crippen LogP contribution < -0.4 is 0 Å². The fraction of sp³-hybridized carbons (Fsp3) is 0. The summed E-state index contributed by atoms with van der Waals surface area (Å²) in [5.41, 5.74) is 9.92. The number of benzene rings is 7. The summed E-state index contributed by atoms with van der Waals surface area (Å²) in [5, 5.41) is 4.76. The van der Waals surface area contributed by atoms with Gasteiger partial charge in [-0.2, -0.15) is 0 Å². The molecular formula is C46H28N6. The Labute approximate surface area is 299 Å². The van der Waals surface area contributed by atoms with Gasteiger partial charge in [0.1, 0.15) is 0 Å². The van der Waals surface area contributed by atoms with Crippen molar-refractivity contribution in [3.63, 3.8) is 0 Å². The van der Waals surface area contributed by atoms with Crippen molar-refractivity contribution in [3.8, 4) is 45.5 Å². The molecule has 0 bridgehead atoms.